The van der Waals surface area contributed by atoms with E-state index in [4.69, 9.17) is 0 Å². The predicted molar refractivity (Wildman–Crippen MR) is 97.3 cm³/mol. The average Bonchev–Trinajstić information content (AvgIpc) is 3.29. The lowest BCUT2D eigenvalue weighted by molar-refractivity contribution is 0.450. The van der Waals surface area contributed by atoms with E-state index in [0.29, 0.717) is 24.9 Å². The minimum absolute atomic E-state index is 0.148. The van der Waals surface area contributed by atoms with E-state index in [2.05, 4.69) is 19.9 Å². The number of hydrogen-bond donors (Lipinski definition) is 0. The molecule has 0 radical (unpaired) electrons. The zero-order valence-electron chi connectivity index (χ0n) is 15.3. The highest BCUT2D eigenvalue weighted by Gasteiger charge is 2.45. The molecule has 9 heteroatoms. The van der Waals surface area contributed by atoms with E-state index in [1.54, 1.807) is 23.2 Å². The van der Waals surface area contributed by atoms with Crippen molar-refractivity contribution in [2.45, 2.75) is 31.8 Å². The molecule has 0 saturated carbocycles. The Labute approximate surface area is 153 Å². The van der Waals surface area contributed by atoms with E-state index in [9.17, 15) is 8.42 Å². The van der Waals surface area contributed by atoms with Gasteiger partial charge in [-0.05, 0) is 32.6 Å². The fourth-order valence-corrected chi connectivity index (χ4v) is 5.38. The SMILES string of the molecule is Cc1cncnc1N1CC2CN(S(=O)(=O)c3cn(C(C)C)cn3)CC2C1. The number of rotatable bonds is 4. The zero-order valence-corrected chi connectivity index (χ0v) is 16.1. The first kappa shape index (κ1) is 17.4. The maximum Gasteiger partial charge on any atom is 0.262 e. The first-order chi connectivity index (χ1) is 12.4. The topological polar surface area (TPSA) is 84.2 Å². The normalized spacial score (nSPS) is 23.8. The lowest BCUT2D eigenvalue weighted by atomic mass is 10.0. The van der Waals surface area contributed by atoms with Crippen LogP contribution in [0.25, 0.3) is 0 Å². The van der Waals surface area contributed by atoms with Gasteiger partial charge in [0.05, 0.1) is 6.33 Å². The highest BCUT2D eigenvalue weighted by atomic mass is 32.2. The van der Waals surface area contributed by atoms with Gasteiger partial charge < -0.3 is 9.47 Å². The Hall–Kier alpha value is -2.00. The van der Waals surface area contributed by atoms with Gasteiger partial charge in [0.15, 0.2) is 5.03 Å². The molecule has 0 amide bonds. The minimum atomic E-state index is -3.53. The van der Waals surface area contributed by atoms with Crippen LogP contribution in [0.5, 0.6) is 0 Å². The van der Waals surface area contributed by atoms with E-state index >= 15 is 0 Å². The van der Waals surface area contributed by atoms with E-state index in [0.717, 1.165) is 24.5 Å². The Balaban J connectivity index is 1.48. The molecule has 0 N–H and O–H groups in total. The molecule has 4 rings (SSSR count). The highest BCUT2D eigenvalue weighted by molar-refractivity contribution is 7.89. The summed E-state index contributed by atoms with van der Waals surface area (Å²) in [6, 6.07) is 0.189. The lowest BCUT2D eigenvalue weighted by Crippen LogP contribution is -2.34. The molecule has 0 aromatic carbocycles. The summed E-state index contributed by atoms with van der Waals surface area (Å²) in [4.78, 5) is 14.8. The molecule has 0 spiro atoms. The molecule has 2 aliphatic rings. The standard InChI is InChI=1S/C17H24N6O2S/c1-12(2)22-9-16(20-11-22)26(24,25)23-7-14-5-21(6-15(14)8-23)17-13(3)4-18-10-19-17/h4,9-12,14-15H,5-8H2,1-3H3. The number of nitrogens with zero attached hydrogens (tertiary/aromatic N) is 6. The van der Waals surface area contributed by atoms with Gasteiger partial charge in [-0.15, -0.1) is 0 Å². The summed E-state index contributed by atoms with van der Waals surface area (Å²) < 4.78 is 29.3. The van der Waals surface area contributed by atoms with Crippen LogP contribution in [0.15, 0.2) is 30.1 Å². The Bertz CT molecular complexity index is 895. The predicted octanol–water partition coefficient (Wildman–Crippen LogP) is 1.32. The fraction of sp³-hybridized carbons (Fsp3) is 0.588. The molecule has 2 atom stereocenters. The number of hydrogen-bond acceptors (Lipinski definition) is 6. The van der Waals surface area contributed by atoms with Crippen LogP contribution in [0.1, 0.15) is 25.5 Å². The quantitative estimate of drug-likeness (QED) is 0.800. The van der Waals surface area contributed by atoms with Gasteiger partial charge in [-0.1, -0.05) is 0 Å². The average molecular weight is 376 g/mol. The molecular formula is C17H24N6O2S. The van der Waals surface area contributed by atoms with Gasteiger partial charge in [0, 0.05) is 50.2 Å². The Morgan fingerprint density at radius 2 is 1.81 bits per heavy atom. The van der Waals surface area contributed by atoms with Crippen molar-refractivity contribution in [1.29, 1.82) is 0 Å². The van der Waals surface area contributed by atoms with Crippen LogP contribution < -0.4 is 4.90 Å². The smallest absolute Gasteiger partial charge is 0.262 e. The molecule has 0 aliphatic carbocycles. The maximum atomic E-state index is 12.9. The van der Waals surface area contributed by atoms with Crippen molar-refractivity contribution in [2.24, 2.45) is 11.8 Å². The van der Waals surface area contributed by atoms with Crippen LogP contribution in [0.2, 0.25) is 0 Å². The first-order valence-electron chi connectivity index (χ1n) is 8.91. The van der Waals surface area contributed by atoms with Gasteiger partial charge in [0.25, 0.3) is 10.0 Å². The Kier molecular flexibility index (Phi) is 4.23. The molecule has 2 unspecified atom stereocenters. The molecule has 2 aliphatic heterocycles. The summed E-state index contributed by atoms with van der Waals surface area (Å²) in [7, 11) is -3.53. The van der Waals surface area contributed by atoms with Crippen molar-refractivity contribution in [2.75, 3.05) is 31.1 Å². The minimum Gasteiger partial charge on any atom is -0.356 e. The number of sulfonamides is 1. The zero-order chi connectivity index (χ0) is 18.5. The third-order valence-corrected chi connectivity index (χ3v) is 7.12. The summed E-state index contributed by atoms with van der Waals surface area (Å²) in [6.45, 7) is 8.75. The maximum absolute atomic E-state index is 12.9. The third kappa shape index (κ3) is 2.88. The first-order valence-corrected chi connectivity index (χ1v) is 10.4. The third-order valence-electron chi connectivity index (χ3n) is 5.40. The largest absolute Gasteiger partial charge is 0.356 e. The summed E-state index contributed by atoms with van der Waals surface area (Å²) in [5.41, 5.74) is 1.05. The second-order valence-corrected chi connectivity index (χ2v) is 9.41. The molecule has 26 heavy (non-hydrogen) atoms. The van der Waals surface area contributed by atoms with Gasteiger partial charge in [-0.3, -0.25) is 0 Å². The molecule has 0 bridgehead atoms. The van der Waals surface area contributed by atoms with Crippen molar-refractivity contribution >= 4 is 15.8 Å². The van der Waals surface area contributed by atoms with Gasteiger partial charge >= 0.3 is 0 Å². The second-order valence-electron chi connectivity index (χ2n) is 7.53. The Morgan fingerprint density at radius 1 is 1.12 bits per heavy atom. The molecule has 2 aromatic heterocycles. The van der Waals surface area contributed by atoms with E-state index in [1.807, 2.05) is 31.5 Å². The van der Waals surface area contributed by atoms with E-state index in [1.165, 1.54) is 0 Å². The van der Waals surface area contributed by atoms with Gasteiger partial charge in [-0.25, -0.2) is 23.4 Å². The number of anilines is 1. The molecule has 140 valence electrons. The van der Waals surface area contributed by atoms with E-state index < -0.39 is 10.0 Å². The number of fused-ring (bicyclic) bond motifs is 1. The molecule has 8 nitrogen and oxygen atoms in total. The Morgan fingerprint density at radius 3 is 2.38 bits per heavy atom. The summed E-state index contributed by atoms with van der Waals surface area (Å²) in [5.74, 6) is 1.61. The molecule has 2 fully saturated rings. The summed E-state index contributed by atoms with van der Waals surface area (Å²) >= 11 is 0. The van der Waals surface area contributed by atoms with Crippen molar-refractivity contribution in [3.8, 4) is 0 Å². The fourth-order valence-electron chi connectivity index (χ4n) is 3.91. The van der Waals surface area contributed by atoms with Crippen LogP contribution in [-0.4, -0.2) is 58.4 Å². The van der Waals surface area contributed by atoms with Gasteiger partial charge in [0.1, 0.15) is 12.1 Å². The number of aromatic nitrogens is 4. The number of imidazole rings is 1. The second kappa shape index (κ2) is 6.31. The van der Waals surface area contributed by atoms with Crippen LogP contribution in [-0.2, 0) is 10.0 Å². The molecule has 2 saturated heterocycles. The van der Waals surface area contributed by atoms with Crippen LogP contribution in [0.4, 0.5) is 5.82 Å². The summed E-state index contributed by atoms with van der Waals surface area (Å²) in [5, 5.41) is 0.148. The van der Waals surface area contributed by atoms with Gasteiger partial charge in [0.2, 0.25) is 0 Å². The molecule has 2 aromatic rings. The lowest BCUT2D eigenvalue weighted by Gasteiger charge is -2.22. The van der Waals surface area contributed by atoms with Crippen LogP contribution in [0, 0.1) is 18.8 Å². The monoisotopic (exact) mass is 376 g/mol. The van der Waals surface area contributed by atoms with E-state index in [-0.39, 0.29) is 11.1 Å². The van der Waals surface area contributed by atoms with Gasteiger partial charge in [-0.2, -0.15) is 4.31 Å². The molecule has 4 heterocycles. The van der Waals surface area contributed by atoms with Crippen molar-refractivity contribution in [3.05, 3.63) is 30.6 Å². The summed E-state index contributed by atoms with van der Waals surface area (Å²) in [6.07, 6.45) is 6.61. The van der Waals surface area contributed by atoms with Crippen molar-refractivity contribution < 1.29 is 8.42 Å². The van der Waals surface area contributed by atoms with Crippen molar-refractivity contribution in [1.82, 2.24) is 23.8 Å². The number of aryl methyl sites for hydroxylation is 1. The molecular weight excluding hydrogens is 352 g/mol. The van der Waals surface area contributed by atoms with Crippen molar-refractivity contribution in [3.63, 3.8) is 0 Å². The highest BCUT2D eigenvalue weighted by Crippen LogP contribution is 2.36. The van der Waals surface area contributed by atoms with Crippen LogP contribution >= 0.6 is 0 Å². The van der Waals surface area contributed by atoms with Crippen LogP contribution in [0.3, 0.4) is 0 Å².